The van der Waals surface area contributed by atoms with Gasteiger partial charge < -0.3 is 10.1 Å². The molecule has 1 N–H and O–H groups in total. The summed E-state index contributed by atoms with van der Waals surface area (Å²) in [4.78, 5) is 24.3. The molecule has 0 bridgehead atoms. The van der Waals surface area contributed by atoms with E-state index in [1.165, 1.54) is 6.20 Å². The van der Waals surface area contributed by atoms with Crippen molar-refractivity contribution in [3.63, 3.8) is 0 Å². The van der Waals surface area contributed by atoms with Crippen LogP contribution in [0.1, 0.15) is 38.9 Å². The van der Waals surface area contributed by atoms with Crippen molar-refractivity contribution in [2.24, 2.45) is 0 Å². The van der Waals surface area contributed by atoms with Gasteiger partial charge in [-0.05, 0) is 55.8 Å². The third kappa shape index (κ3) is 4.48. The Hall–Kier alpha value is -2.93. The fourth-order valence-corrected chi connectivity index (χ4v) is 3.21. The van der Waals surface area contributed by atoms with Gasteiger partial charge >= 0.3 is 5.97 Å². The highest BCUT2D eigenvalue weighted by molar-refractivity contribution is 9.10. The molecule has 3 aromatic rings. The van der Waals surface area contributed by atoms with Crippen molar-refractivity contribution < 1.29 is 14.3 Å². The zero-order chi connectivity index (χ0) is 20.1. The number of nitrogens with one attached hydrogen (secondary N) is 1. The van der Waals surface area contributed by atoms with E-state index < -0.39 is 5.97 Å². The van der Waals surface area contributed by atoms with E-state index in [9.17, 15) is 9.59 Å². The number of nitrogens with zero attached hydrogens (tertiary/aromatic N) is 2. The first kappa shape index (κ1) is 19.8. The van der Waals surface area contributed by atoms with Crippen LogP contribution in [0.15, 0.2) is 59.2 Å². The zero-order valence-electron chi connectivity index (χ0n) is 15.6. The summed E-state index contributed by atoms with van der Waals surface area (Å²) in [6, 6.07) is 14.8. The largest absolute Gasteiger partial charge is 0.462 e. The fourth-order valence-electron chi connectivity index (χ4n) is 2.76. The summed E-state index contributed by atoms with van der Waals surface area (Å²) < 4.78 is 7.65. The van der Waals surface area contributed by atoms with Crippen LogP contribution in [0, 0.1) is 6.92 Å². The highest BCUT2D eigenvalue weighted by Gasteiger charge is 2.16. The van der Waals surface area contributed by atoms with Gasteiger partial charge in [-0.2, -0.15) is 5.10 Å². The number of ether oxygens (including phenoxy) is 1. The number of esters is 1. The molecule has 2 aromatic carbocycles. The predicted molar refractivity (Wildman–Crippen MR) is 110 cm³/mol. The first-order chi connectivity index (χ1) is 13.5. The maximum atomic E-state index is 12.4. The third-order valence-corrected chi connectivity index (χ3v) is 4.71. The Balaban J connectivity index is 1.69. The van der Waals surface area contributed by atoms with Crippen LogP contribution in [-0.2, 0) is 11.3 Å². The maximum absolute atomic E-state index is 12.4. The van der Waals surface area contributed by atoms with Gasteiger partial charge in [-0.3, -0.25) is 4.79 Å². The Morgan fingerprint density at radius 2 is 1.93 bits per heavy atom. The van der Waals surface area contributed by atoms with E-state index >= 15 is 0 Å². The first-order valence-electron chi connectivity index (χ1n) is 8.84. The van der Waals surface area contributed by atoms with Gasteiger partial charge in [-0.25, -0.2) is 9.48 Å². The molecule has 1 heterocycles. The van der Waals surface area contributed by atoms with Crippen LogP contribution >= 0.6 is 15.9 Å². The van der Waals surface area contributed by atoms with E-state index in [1.807, 2.05) is 24.3 Å². The molecule has 0 saturated heterocycles. The van der Waals surface area contributed by atoms with Gasteiger partial charge in [0.25, 0.3) is 5.91 Å². The van der Waals surface area contributed by atoms with Crippen LogP contribution in [0.25, 0.3) is 5.69 Å². The number of rotatable bonds is 6. The number of aromatic nitrogens is 2. The summed E-state index contributed by atoms with van der Waals surface area (Å²) in [6.45, 7) is 4.32. The molecule has 7 heteroatoms. The predicted octanol–water partition coefficient (Wildman–Crippen LogP) is 4.05. The Labute approximate surface area is 171 Å². The Bertz CT molecular complexity index is 996. The number of halogens is 1. The Kier molecular flexibility index (Phi) is 6.26. The average Bonchev–Trinajstić information content (AvgIpc) is 3.08. The molecule has 144 valence electrons. The Morgan fingerprint density at radius 3 is 2.61 bits per heavy atom. The molecule has 1 aromatic heterocycles. The van der Waals surface area contributed by atoms with Crippen LogP contribution in [-0.4, -0.2) is 28.3 Å². The molecule has 0 radical (unpaired) electrons. The topological polar surface area (TPSA) is 73.2 Å². The molecule has 1 amide bonds. The quantitative estimate of drug-likeness (QED) is 0.585. The second kappa shape index (κ2) is 8.84. The van der Waals surface area contributed by atoms with E-state index in [2.05, 4.69) is 26.3 Å². The molecule has 0 saturated carbocycles. The van der Waals surface area contributed by atoms with Gasteiger partial charge in [-0.1, -0.05) is 28.1 Å². The number of hydrogen-bond donors (Lipinski definition) is 1. The van der Waals surface area contributed by atoms with Gasteiger partial charge in [0.05, 0.1) is 24.2 Å². The minimum atomic E-state index is -0.394. The lowest BCUT2D eigenvalue weighted by Gasteiger charge is -2.08. The van der Waals surface area contributed by atoms with Crippen molar-refractivity contribution in [1.82, 2.24) is 15.1 Å². The van der Waals surface area contributed by atoms with Crippen molar-refractivity contribution >= 4 is 27.8 Å². The molecular formula is C21H20BrN3O3. The van der Waals surface area contributed by atoms with Crippen molar-refractivity contribution in [2.75, 3.05) is 6.61 Å². The van der Waals surface area contributed by atoms with Gasteiger partial charge in [0.1, 0.15) is 5.56 Å². The number of carbonyl (C=O) groups excluding carboxylic acids is 2. The number of hydrogen-bond acceptors (Lipinski definition) is 4. The summed E-state index contributed by atoms with van der Waals surface area (Å²) in [7, 11) is 0. The summed E-state index contributed by atoms with van der Waals surface area (Å²) in [5.41, 5.74) is 3.44. The molecule has 0 spiro atoms. The molecule has 0 aliphatic heterocycles. The van der Waals surface area contributed by atoms with Gasteiger partial charge in [-0.15, -0.1) is 0 Å². The molecule has 0 atom stereocenters. The number of benzene rings is 2. The summed E-state index contributed by atoms with van der Waals surface area (Å²) >= 11 is 3.42. The minimum Gasteiger partial charge on any atom is -0.462 e. The standard InChI is InChI=1S/C21H20BrN3O3/c1-3-28-21(27)19-13-24-25(14(19)2)18-9-7-16(8-10-18)20(26)23-12-15-5-4-6-17(22)11-15/h4-11,13H,3,12H2,1-2H3,(H,23,26). The number of carbonyl (C=O) groups is 2. The van der Waals surface area contributed by atoms with Crippen LogP contribution in [0.2, 0.25) is 0 Å². The van der Waals surface area contributed by atoms with Gasteiger partial charge in [0.15, 0.2) is 0 Å². The minimum absolute atomic E-state index is 0.157. The Morgan fingerprint density at radius 1 is 1.18 bits per heavy atom. The highest BCUT2D eigenvalue weighted by atomic mass is 79.9. The van der Waals surface area contributed by atoms with Crippen molar-refractivity contribution in [1.29, 1.82) is 0 Å². The third-order valence-electron chi connectivity index (χ3n) is 4.22. The van der Waals surface area contributed by atoms with Crippen molar-refractivity contribution in [3.8, 4) is 5.69 Å². The van der Waals surface area contributed by atoms with Crippen molar-refractivity contribution in [2.45, 2.75) is 20.4 Å². The fraction of sp³-hybridized carbons (Fsp3) is 0.190. The first-order valence-corrected chi connectivity index (χ1v) is 9.63. The molecule has 0 fully saturated rings. The molecule has 0 aliphatic carbocycles. The summed E-state index contributed by atoms with van der Waals surface area (Å²) in [5, 5.41) is 7.16. The van der Waals surface area contributed by atoms with Gasteiger partial charge in [0.2, 0.25) is 0 Å². The monoisotopic (exact) mass is 441 g/mol. The van der Waals surface area contributed by atoms with Gasteiger partial charge in [0, 0.05) is 16.6 Å². The van der Waals surface area contributed by atoms with E-state index in [0.29, 0.717) is 30.0 Å². The van der Waals surface area contributed by atoms with Crippen LogP contribution in [0.3, 0.4) is 0 Å². The molecule has 0 aliphatic rings. The van der Waals surface area contributed by atoms with E-state index in [4.69, 9.17) is 4.74 Å². The molecule has 6 nitrogen and oxygen atoms in total. The summed E-state index contributed by atoms with van der Waals surface area (Å²) in [5.74, 6) is -0.550. The maximum Gasteiger partial charge on any atom is 0.341 e. The van der Waals surface area contributed by atoms with Crippen LogP contribution < -0.4 is 5.32 Å². The van der Waals surface area contributed by atoms with Crippen LogP contribution in [0.4, 0.5) is 0 Å². The second-order valence-corrected chi connectivity index (χ2v) is 7.05. The smallest absolute Gasteiger partial charge is 0.341 e. The average molecular weight is 442 g/mol. The lowest BCUT2D eigenvalue weighted by molar-refractivity contribution is 0.0525. The molecular weight excluding hydrogens is 422 g/mol. The normalized spacial score (nSPS) is 10.5. The van der Waals surface area contributed by atoms with E-state index in [0.717, 1.165) is 15.7 Å². The highest BCUT2D eigenvalue weighted by Crippen LogP contribution is 2.16. The van der Waals surface area contributed by atoms with E-state index in [-0.39, 0.29) is 5.91 Å². The van der Waals surface area contributed by atoms with Crippen LogP contribution in [0.5, 0.6) is 0 Å². The van der Waals surface area contributed by atoms with E-state index in [1.54, 1.807) is 42.8 Å². The lowest BCUT2D eigenvalue weighted by Crippen LogP contribution is -2.22. The molecule has 0 unspecified atom stereocenters. The summed E-state index contributed by atoms with van der Waals surface area (Å²) in [6.07, 6.45) is 1.49. The molecule has 28 heavy (non-hydrogen) atoms. The lowest BCUT2D eigenvalue weighted by atomic mass is 10.1. The molecule has 3 rings (SSSR count). The SMILES string of the molecule is CCOC(=O)c1cnn(-c2ccc(C(=O)NCc3cccc(Br)c3)cc2)c1C. The van der Waals surface area contributed by atoms with Crippen molar-refractivity contribution in [3.05, 3.63) is 81.6 Å². The second-order valence-electron chi connectivity index (χ2n) is 6.14. The number of amides is 1. The zero-order valence-corrected chi connectivity index (χ0v) is 17.2.